The number of aryl methyl sites for hydroxylation is 1. The van der Waals surface area contributed by atoms with E-state index in [0.717, 1.165) is 29.8 Å². The van der Waals surface area contributed by atoms with Gasteiger partial charge < -0.3 is 15.3 Å². The first kappa shape index (κ1) is 22.5. The maximum Gasteiger partial charge on any atom is 0.323 e. The van der Waals surface area contributed by atoms with Crippen LogP contribution in [0.4, 0.5) is 5.69 Å². The summed E-state index contributed by atoms with van der Waals surface area (Å²) in [6, 6.07) is 11.8. The van der Waals surface area contributed by atoms with Crippen LogP contribution in [0, 0.1) is 0 Å². The number of carboxylic acids is 1. The summed E-state index contributed by atoms with van der Waals surface area (Å²) in [5.41, 5.74) is 2.99. The molecule has 0 aliphatic carbocycles. The Morgan fingerprint density at radius 1 is 1.10 bits per heavy atom. The van der Waals surface area contributed by atoms with Crippen molar-refractivity contribution in [3.05, 3.63) is 59.9 Å². The van der Waals surface area contributed by atoms with Crippen LogP contribution in [0.3, 0.4) is 0 Å². The number of thiol groups is 1. The fraction of sp³-hybridized carbons (Fsp3) is 0.318. The maximum absolute atomic E-state index is 11.6. The van der Waals surface area contributed by atoms with Crippen LogP contribution in [0.2, 0.25) is 0 Å². The Morgan fingerprint density at radius 2 is 1.72 bits per heavy atom. The molecule has 2 rings (SSSR count). The zero-order chi connectivity index (χ0) is 21.1. The van der Waals surface area contributed by atoms with E-state index in [0.29, 0.717) is 18.7 Å². The zero-order valence-corrected chi connectivity index (χ0v) is 17.5. The highest BCUT2D eigenvalue weighted by molar-refractivity contribution is 7.80. The highest BCUT2D eigenvalue weighted by Crippen LogP contribution is 2.15. The van der Waals surface area contributed by atoms with Gasteiger partial charge in [-0.2, -0.15) is 12.6 Å². The molecule has 1 amide bonds. The molecule has 2 aromatic rings. The molecule has 1 heterocycles. The lowest BCUT2D eigenvalue weighted by Crippen LogP contribution is -2.33. The monoisotopic (exact) mass is 414 g/mol. The molecule has 1 aromatic carbocycles. The first-order chi connectivity index (χ1) is 14.0. The van der Waals surface area contributed by atoms with E-state index in [1.165, 1.54) is 0 Å². The Labute approximate surface area is 177 Å². The van der Waals surface area contributed by atoms with Gasteiger partial charge in [0.15, 0.2) is 12.4 Å². The Bertz CT molecular complexity index is 820. The largest absolute Gasteiger partial charge is 0.480 e. The minimum Gasteiger partial charge on any atom is -0.480 e. The fourth-order valence-electron chi connectivity index (χ4n) is 2.76. The third-order valence-electron chi connectivity index (χ3n) is 4.35. The molecule has 0 unspecified atom stereocenters. The molecule has 1 aromatic heterocycles. The predicted octanol–water partition coefficient (Wildman–Crippen LogP) is 2.49. The summed E-state index contributed by atoms with van der Waals surface area (Å²) in [5.74, 6) is -0.129. The Balaban J connectivity index is 1.83. The van der Waals surface area contributed by atoms with Crippen molar-refractivity contribution in [2.75, 3.05) is 30.8 Å². The van der Waals surface area contributed by atoms with E-state index in [1.54, 1.807) is 11.9 Å². The third-order valence-corrected chi connectivity index (χ3v) is 4.57. The molecule has 0 aliphatic rings. The van der Waals surface area contributed by atoms with E-state index < -0.39 is 5.97 Å². The van der Waals surface area contributed by atoms with Crippen LogP contribution in [0.5, 0.6) is 0 Å². The normalized spacial score (nSPS) is 10.8. The summed E-state index contributed by atoms with van der Waals surface area (Å²) >= 11 is 4.07. The lowest BCUT2D eigenvalue weighted by Gasteiger charge is -2.16. The molecular weight excluding hydrogens is 386 g/mol. The van der Waals surface area contributed by atoms with Gasteiger partial charge in [-0.15, -0.1) is 0 Å². The lowest BCUT2D eigenvalue weighted by molar-refractivity contribution is -0.697. The van der Waals surface area contributed by atoms with Crippen LogP contribution in [0.1, 0.15) is 24.0 Å². The van der Waals surface area contributed by atoms with Gasteiger partial charge in [0, 0.05) is 50.0 Å². The van der Waals surface area contributed by atoms with E-state index in [9.17, 15) is 9.59 Å². The summed E-state index contributed by atoms with van der Waals surface area (Å²) in [7, 11) is 1.76. The number of hydrogen-bond donors (Lipinski definition) is 3. The van der Waals surface area contributed by atoms with Gasteiger partial charge in [-0.3, -0.25) is 9.59 Å². The number of carbonyl (C=O) groups is 2. The number of hydrogen-bond acceptors (Lipinski definition) is 4. The van der Waals surface area contributed by atoms with Gasteiger partial charge in [-0.1, -0.05) is 24.3 Å². The summed E-state index contributed by atoms with van der Waals surface area (Å²) in [6.07, 6.45) is 9.38. The molecule has 0 aliphatic heterocycles. The Kier molecular flexibility index (Phi) is 9.24. The van der Waals surface area contributed by atoms with Crippen molar-refractivity contribution in [3.63, 3.8) is 0 Å². The number of nitrogens with zero attached hydrogens (tertiary/aromatic N) is 2. The molecule has 0 spiro atoms. The minimum absolute atomic E-state index is 0.0282. The van der Waals surface area contributed by atoms with E-state index in [2.05, 4.69) is 22.5 Å². The van der Waals surface area contributed by atoms with Gasteiger partial charge in [0.05, 0.1) is 0 Å². The van der Waals surface area contributed by atoms with E-state index >= 15 is 0 Å². The summed E-state index contributed by atoms with van der Waals surface area (Å²) in [5, 5.41) is 11.7. The number of anilines is 1. The predicted molar refractivity (Wildman–Crippen MR) is 119 cm³/mol. The number of aliphatic carboxylic acids is 1. The van der Waals surface area contributed by atoms with Gasteiger partial charge in [0.1, 0.15) is 13.1 Å². The van der Waals surface area contributed by atoms with E-state index in [4.69, 9.17) is 5.11 Å². The minimum atomic E-state index is -0.852. The van der Waals surface area contributed by atoms with E-state index in [-0.39, 0.29) is 12.5 Å². The quantitative estimate of drug-likeness (QED) is 0.390. The van der Waals surface area contributed by atoms with Crippen LogP contribution in [-0.2, 0) is 16.1 Å². The van der Waals surface area contributed by atoms with Crippen molar-refractivity contribution < 1.29 is 19.3 Å². The second-order valence-electron chi connectivity index (χ2n) is 6.72. The Morgan fingerprint density at radius 3 is 2.31 bits per heavy atom. The molecule has 6 nitrogen and oxygen atoms in total. The second kappa shape index (κ2) is 11.9. The topological polar surface area (TPSA) is 73.5 Å². The first-order valence-electron chi connectivity index (χ1n) is 9.55. The number of likely N-dealkylation sites (N-methyl/N-ethyl adjacent to an activating group) is 1. The fourth-order valence-corrected chi connectivity index (χ4v) is 2.87. The lowest BCUT2D eigenvalue weighted by atomic mass is 10.1. The zero-order valence-electron chi connectivity index (χ0n) is 16.6. The number of rotatable bonds is 11. The highest BCUT2D eigenvalue weighted by atomic mass is 32.1. The molecular formula is C22H28N3O3S+. The maximum atomic E-state index is 11.6. The Hall–Kier alpha value is -2.80. The van der Waals surface area contributed by atoms with Crippen LogP contribution in [0.15, 0.2) is 48.8 Å². The van der Waals surface area contributed by atoms with Crippen molar-refractivity contribution in [3.8, 4) is 0 Å². The number of aromatic nitrogens is 1. The number of benzene rings is 1. The van der Waals surface area contributed by atoms with E-state index in [1.807, 2.05) is 60.9 Å². The second-order valence-corrected chi connectivity index (χ2v) is 7.17. The standard InChI is InChI=1S/C22H27N3O3S/c1-24(17-22(27)28)20-8-6-18(7-9-20)4-5-19-10-14-25(15-11-19)13-2-3-21(26)23-12-16-29/h4-11,14-15H,2-3,12-13,16-17H2,1H3,(H2-,23,26,27,28,29)/p+1. The van der Waals surface area contributed by atoms with Gasteiger partial charge >= 0.3 is 5.97 Å². The molecule has 154 valence electrons. The van der Waals surface area contributed by atoms with Crippen LogP contribution in [-0.4, -0.2) is 42.9 Å². The van der Waals surface area contributed by atoms with Crippen molar-refractivity contribution in [2.24, 2.45) is 0 Å². The third kappa shape index (κ3) is 8.39. The van der Waals surface area contributed by atoms with Crippen LogP contribution in [0.25, 0.3) is 12.2 Å². The first-order valence-corrected chi connectivity index (χ1v) is 10.2. The van der Waals surface area contributed by atoms with Crippen molar-refractivity contribution >= 4 is 42.3 Å². The van der Waals surface area contributed by atoms with Gasteiger partial charge in [-0.25, -0.2) is 4.57 Å². The van der Waals surface area contributed by atoms with Gasteiger partial charge in [-0.05, 0) is 23.3 Å². The number of amides is 1. The number of pyridine rings is 1. The van der Waals surface area contributed by atoms with Gasteiger partial charge in [0.25, 0.3) is 0 Å². The molecule has 2 N–H and O–H groups in total. The molecule has 29 heavy (non-hydrogen) atoms. The summed E-state index contributed by atoms with van der Waals surface area (Å²) in [4.78, 5) is 24.1. The average Bonchev–Trinajstić information content (AvgIpc) is 2.71. The summed E-state index contributed by atoms with van der Waals surface area (Å²) < 4.78 is 2.07. The number of carboxylic acid groups (broad SMARTS) is 1. The number of nitrogens with one attached hydrogen (secondary N) is 1. The molecule has 0 atom stereocenters. The summed E-state index contributed by atoms with van der Waals surface area (Å²) in [6.45, 7) is 1.38. The van der Waals surface area contributed by atoms with Gasteiger partial charge in [0.2, 0.25) is 5.91 Å². The SMILES string of the molecule is CN(CC(=O)O)c1ccc(/C=C/c2cc[n+](CCCC(=O)NCCS)cc2)cc1. The van der Waals surface area contributed by atoms with Crippen molar-refractivity contribution in [1.82, 2.24) is 5.32 Å². The smallest absolute Gasteiger partial charge is 0.323 e. The molecule has 7 heteroatoms. The van der Waals surface area contributed by atoms with Crippen LogP contribution >= 0.6 is 12.6 Å². The average molecular weight is 415 g/mol. The highest BCUT2D eigenvalue weighted by Gasteiger charge is 2.06. The molecule has 0 saturated heterocycles. The van der Waals surface area contributed by atoms with Crippen molar-refractivity contribution in [2.45, 2.75) is 19.4 Å². The molecule has 0 fully saturated rings. The van der Waals surface area contributed by atoms with Crippen LogP contribution < -0.4 is 14.8 Å². The molecule has 0 saturated carbocycles. The molecule has 0 radical (unpaired) electrons. The number of carbonyl (C=O) groups excluding carboxylic acids is 1. The van der Waals surface area contributed by atoms with Crippen molar-refractivity contribution in [1.29, 1.82) is 0 Å². The molecule has 0 bridgehead atoms.